The Morgan fingerprint density at radius 1 is 1.24 bits per heavy atom. The molecule has 172 valence electrons. The highest BCUT2D eigenvalue weighted by molar-refractivity contribution is 6.03. The Morgan fingerprint density at radius 3 is 2.73 bits per heavy atom. The Hall–Kier alpha value is -3.23. The van der Waals surface area contributed by atoms with Gasteiger partial charge < -0.3 is 10.7 Å². The Labute approximate surface area is 186 Å². The van der Waals surface area contributed by atoms with Crippen molar-refractivity contribution in [3.63, 3.8) is 0 Å². The lowest BCUT2D eigenvalue weighted by atomic mass is 9.78. The SMILES string of the molecule is Cc1c([C@H]2C(c3cc(=O)c4c(C(N)=O)nccc4[nH]3)CC3[C@H]2CCC3(F)F)ccc(F)c1F. The number of carbonyl (C=O) groups excluding carboxylic acids is 1. The number of aromatic nitrogens is 2. The van der Waals surface area contributed by atoms with Crippen LogP contribution < -0.4 is 11.2 Å². The number of amides is 1. The highest BCUT2D eigenvalue weighted by Crippen LogP contribution is 2.63. The normalized spacial score (nSPS) is 26.0. The zero-order valence-corrected chi connectivity index (χ0v) is 17.7. The first-order valence-corrected chi connectivity index (χ1v) is 10.7. The molecule has 2 saturated carbocycles. The van der Waals surface area contributed by atoms with E-state index < -0.39 is 52.6 Å². The summed E-state index contributed by atoms with van der Waals surface area (Å²) in [4.78, 5) is 31.6. The molecule has 0 saturated heterocycles. The van der Waals surface area contributed by atoms with E-state index in [9.17, 15) is 27.2 Å². The summed E-state index contributed by atoms with van der Waals surface area (Å²) in [5, 5.41) is 0.0258. The van der Waals surface area contributed by atoms with Crippen molar-refractivity contribution >= 4 is 16.8 Å². The predicted molar refractivity (Wildman–Crippen MR) is 113 cm³/mol. The molecule has 2 aliphatic rings. The van der Waals surface area contributed by atoms with Gasteiger partial charge in [-0.2, -0.15) is 0 Å². The average Bonchev–Trinajstić information content (AvgIpc) is 3.29. The van der Waals surface area contributed by atoms with E-state index in [1.54, 1.807) is 0 Å². The van der Waals surface area contributed by atoms with Gasteiger partial charge in [0.05, 0.1) is 10.9 Å². The molecule has 2 heterocycles. The molecule has 2 fully saturated rings. The highest BCUT2D eigenvalue weighted by Gasteiger charge is 2.59. The van der Waals surface area contributed by atoms with Crippen molar-refractivity contribution in [2.24, 2.45) is 17.6 Å². The number of alkyl halides is 2. The van der Waals surface area contributed by atoms with Gasteiger partial charge in [0.15, 0.2) is 17.1 Å². The molecule has 1 amide bonds. The van der Waals surface area contributed by atoms with Gasteiger partial charge in [0.2, 0.25) is 0 Å². The zero-order chi connectivity index (χ0) is 23.7. The fourth-order valence-corrected chi connectivity index (χ4v) is 5.96. The number of nitrogens with zero attached hydrogens (tertiary/aromatic N) is 1. The van der Waals surface area contributed by atoms with Crippen LogP contribution >= 0.6 is 0 Å². The second kappa shape index (κ2) is 7.40. The van der Waals surface area contributed by atoms with Crippen LogP contribution in [0.1, 0.15) is 58.4 Å². The maximum atomic E-state index is 14.7. The molecule has 3 aromatic rings. The molecular weight excluding hydrogens is 438 g/mol. The van der Waals surface area contributed by atoms with Gasteiger partial charge in [-0.25, -0.2) is 17.6 Å². The van der Waals surface area contributed by atoms with E-state index in [0.717, 1.165) is 6.07 Å². The lowest BCUT2D eigenvalue weighted by Crippen LogP contribution is -2.23. The Bertz CT molecular complexity index is 1350. The molecule has 2 unspecified atom stereocenters. The molecular formula is C24H21F4N3O2. The van der Waals surface area contributed by atoms with Crippen molar-refractivity contribution in [2.45, 2.75) is 43.9 Å². The Balaban J connectivity index is 1.69. The Kier molecular flexibility index (Phi) is 4.84. The lowest BCUT2D eigenvalue weighted by Gasteiger charge is -2.27. The molecule has 0 bridgehead atoms. The molecule has 0 radical (unpaired) electrons. The van der Waals surface area contributed by atoms with Gasteiger partial charge in [0, 0.05) is 36.2 Å². The lowest BCUT2D eigenvalue weighted by molar-refractivity contribution is -0.0415. The molecule has 1 aromatic carbocycles. The summed E-state index contributed by atoms with van der Waals surface area (Å²) >= 11 is 0. The van der Waals surface area contributed by atoms with Crippen molar-refractivity contribution in [3.05, 3.63) is 74.8 Å². The molecule has 5 nitrogen and oxygen atoms in total. The maximum absolute atomic E-state index is 14.7. The molecule has 4 atom stereocenters. The second-order valence-corrected chi connectivity index (χ2v) is 9.05. The number of aromatic amines is 1. The molecule has 0 aliphatic heterocycles. The number of hydrogen-bond donors (Lipinski definition) is 2. The van der Waals surface area contributed by atoms with Gasteiger partial charge in [-0.15, -0.1) is 0 Å². The number of rotatable bonds is 3. The summed E-state index contributed by atoms with van der Waals surface area (Å²) in [6, 6.07) is 5.26. The number of fused-ring (bicyclic) bond motifs is 2. The van der Waals surface area contributed by atoms with Crippen LogP contribution in [0.3, 0.4) is 0 Å². The number of pyridine rings is 2. The first-order chi connectivity index (χ1) is 15.6. The van der Waals surface area contributed by atoms with Crippen LogP contribution in [-0.2, 0) is 0 Å². The van der Waals surface area contributed by atoms with E-state index in [1.165, 1.54) is 31.3 Å². The number of H-pyrrole nitrogens is 1. The standard InChI is InChI=1S/C24H21F4N3O2/c1-10-11(2-3-15(25)21(10)26)19-12-4-6-24(27,28)14(12)8-13(19)17-9-18(32)20-16(31-17)5-7-30-22(20)23(29)33/h2-3,5,7,9,12-14,19H,4,6,8H2,1H3,(H2,29,33)(H,31,32)/t12-,13?,14?,19-/m1/s1. The summed E-state index contributed by atoms with van der Waals surface area (Å²) in [6.07, 6.45) is 1.42. The highest BCUT2D eigenvalue weighted by atomic mass is 19.3. The summed E-state index contributed by atoms with van der Waals surface area (Å²) in [6.45, 7) is 1.44. The third-order valence-electron chi connectivity index (χ3n) is 7.41. The van der Waals surface area contributed by atoms with E-state index in [2.05, 4.69) is 9.97 Å². The van der Waals surface area contributed by atoms with E-state index in [4.69, 9.17) is 5.73 Å². The smallest absolute Gasteiger partial charge is 0.268 e. The van der Waals surface area contributed by atoms with Gasteiger partial charge in [-0.1, -0.05) is 6.07 Å². The fraction of sp³-hybridized carbons (Fsp3) is 0.375. The van der Waals surface area contributed by atoms with Crippen LogP contribution in [0.2, 0.25) is 0 Å². The molecule has 5 rings (SSSR count). The van der Waals surface area contributed by atoms with Crippen molar-refractivity contribution in [1.82, 2.24) is 9.97 Å². The fourth-order valence-electron chi connectivity index (χ4n) is 5.96. The number of nitrogens with one attached hydrogen (secondary N) is 1. The van der Waals surface area contributed by atoms with Crippen molar-refractivity contribution in [1.29, 1.82) is 0 Å². The third kappa shape index (κ3) is 3.24. The predicted octanol–water partition coefficient (Wildman–Crippen LogP) is 4.54. The van der Waals surface area contributed by atoms with Crippen LogP contribution in [0.25, 0.3) is 10.9 Å². The van der Waals surface area contributed by atoms with Crippen LogP contribution in [0.4, 0.5) is 17.6 Å². The first kappa shape index (κ1) is 21.6. The van der Waals surface area contributed by atoms with Gasteiger partial charge in [-0.3, -0.25) is 14.6 Å². The van der Waals surface area contributed by atoms with Crippen LogP contribution in [0.5, 0.6) is 0 Å². The van der Waals surface area contributed by atoms with Crippen LogP contribution in [0.15, 0.2) is 35.3 Å². The summed E-state index contributed by atoms with van der Waals surface area (Å²) in [7, 11) is 0. The minimum atomic E-state index is -2.87. The molecule has 9 heteroatoms. The molecule has 33 heavy (non-hydrogen) atoms. The first-order valence-electron chi connectivity index (χ1n) is 10.7. The summed E-state index contributed by atoms with van der Waals surface area (Å²) < 4.78 is 57.7. The minimum Gasteiger partial charge on any atom is -0.364 e. The molecule has 2 aromatic heterocycles. The van der Waals surface area contributed by atoms with Gasteiger partial charge in [0.25, 0.3) is 11.8 Å². The van der Waals surface area contributed by atoms with E-state index >= 15 is 0 Å². The maximum Gasteiger partial charge on any atom is 0.268 e. The van der Waals surface area contributed by atoms with Crippen LogP contribution in [-0.4, -0.2) is 21.8 Å². The van der Waals surface area contributed by atoms with Crippen LogP contribution in [0, 0.1) is 30.4 Å². The van der Waals surface area contributed by atoms with Crippen molar-refractivity contribution in [2.75, 3.05) is 0 Å². The van der Waals surface area contributed by atoms with E-state index in [0.29, 0.717) is 16.8 Å². The number of nitrogens with two attached hydrogens (primary N) is 1. The second-order valence-electron chi connectivity index (χ2n) is 9.05. The van der Waals surface area contributed by atoms with Gasteiger partial charge in [0.1, 0.15) is 5.69 Å². The van der Waals surface area contributed by atoms with Crippen molar-refractivity contribution in [3.8, 4) is 0 Å². The van der Waals surface area contributed by atoms with Gasteiger partial charge in [-0.05, 0) is 54.9 Å². The number of halogens is 4. The van der Waals surface area contributed by atoms with E-state index in [-0.39, 0.29) is 35.9 Å². The molecule has 0 spiro atoms. The summed E-state index contributed by atoms with van der Waals surface area (Å²) in [5.74, 6) is -8.16. The van der Waals surface area contributed by atoms with Crippen molar-refractivity contribution < 1.29 is 22.4 Å². The number of hydrogen-bond acceptors (Lipinski definition) is 3. The Morgan fingerprint density at radius 2 is 2.00 bits per heavy atom. The molecule has 2 aliphatic carbocycles. The average molecular weight is 459 g/mol. The minimum absolute atomic E-state index is 0.0258. The topological polar surface area (TPSA) is 88.8 Å². The van der Waals surface area contributed by atoms with Gasteiger partial charge >= 0.3 is 0 Å². The number of carbonyl (C=O) groups is 1. The van der Waals surface area contributed by atoms with E-state index in [1.807, 2.05) is 0 Å². The summed E-state index contributed by atoms with van der Waals surface area (Å²) in [5.41, 5.74) is 5.93. The third-order valence-corrected chi connectivity index (χ3v) is 7.41. The zero-order valence-electron chi connectivity index (χ0n) is 17.7. The largest absolute Gasteiger partial charge is 0.364 e. The number of benzene rings is 1. The quantitative estimate of drug-likeness (QED) is 0.564. The monoisotopic (exact) mass is 459 g/mol. The number of primary amides is 1. The molecule has 3 N–H and O–H groups in total.